The number of hydrogen-bond acceptors (Lipinski definition) is 14. The van der Waals surface area contributed by atoms with Gasteiger partial charge >= 0.3 is 11.9 Å². The molecule has 0 saturated carbocycles. The molecule has 0 aliphatic carbocycles. The van der Waals surface area contributed by atoms with Gasteiger partial charge in [-0.25, -0.2) is 4.79 Å². The number of amides is 2. The molecule has 17 heteroatoms. The van der Waals surface area contributed by atoms with Gasteiger partial charge in [-0.1, -0.05) is 68.8 Å². The summed E-state index contributed by atoms with van der Waals surface area (Å²) in [5.74, 6) is -2.14. The molecule has 1 saturated heterocycles. The van der Waals surface area contributed by atoms with E-state index in [1.165, 1.54) is 13.2 Å². The molecule has 0 unspecified atom stereocenters. The summed E-state index contributed by atoms with van der Waals surface area (Å²) >= 11 is 6.37. The van der Waals surface area contributed by atoms with Crippen LogP contribution in [0, 0.1) is 17.3 Å². The van der Waals surface area contributed by atoms with E-state index in [1.807, 2.05) is 40.0 Å². The summed E-state index contributed by atoms with van der Waals surface area (Å²) in [6.45, 7) is 15.7. The van der Waals surface area contributed by atoms with Gasteiger partial charge in [0.25, 0.3) is 0 Å². The Balaban J connectivity index is 1.32. The van der Waals surface area contributed by atoms with E-state index in [9.17, 15) is 24.0 Å². The number of nitrogens with one attached hydrogen (secondary N) is 2. The average molecular weight is 959 g/mol. The van der Waals surface area contributed by atoms with Crippen LogP contribution in [0.5, 0.6) is 5.75 Å². The number of ketones is 1. The molecule has 6 atom stereocenters. The first-order chi connectivity index (χ1) is 32.0. The first-order valence-electron chi connectivity index (χ1n) is 23.2. The Labute approximate surface area is 401 Å². The Morgan fingerprint density at radius 2 is 1.51 bits per heavy atom. The van der Waals surface area contributed by atoms with Gasteiger partial charge in [-0.15, -0.1) is 0 Å². The number of nitrogens with zero attached hydrogens (tertiary/aromatic N) is 1. The van der Waals surface area contributed by atoms with Crippen molar-refractivity contribution in [1.29, 1.82) is 0 Å². The number of esters is 2. The minimum atomic E-state index is -1.23. The van der Waals surface area contributed by atoms with Crippen LogP contribution >= 0.6 is 11.6 Å². The molecule has 16 nitrogen and oxygen atoms in total. The van der Waals surface area contributed by atoms with Gasteiger partial charge in [0.2, 0.25) is 11.8 Å². The predicted octanol–water partition coefficient (Wildman–Crippen LogP) is 5.60. The molecule has 0 radical (unpaired) electrons. The molecule has 4 rings (SSSR count). The van der Waals surface area contributed by atoms with Gasteiger partial charge in [0.15, 0.2) is 6.10 Å². The molecule has 0 spiro atoms. The lowest BCUT2D eigenvalue weighted by Crippen LogP contribution is -2.51. The molecule has 2 aliphatic heterocycles. The molecular formula is C50H72ClN3O13. The third-order valence-electron chi connectivity index (χ3n) is 11.4. The number of Topliss-reactive ketones (excluding diaryl/α,β-unsaturated/α-hetero) is 1. The number of hydrogen-bond donors (Lipinski definition) is 2. The van der Waals surface area contributed by atoms with Gasteiger partial charge in [-0.05, 0) is 75.1 Å². The Kier molecular flexibility index (Phi) is 23.2. The molecule has 2 amide bonds. The van der Waals surface area contributed by atoms with E-state index >= 15 is 0 Å². The zero-order valence-electron chi connectivity index (χ0n) is 40.5. The van der Waals surface area contributed by atoms with E-state index in [2.05, 4.69) is 27.7 Å². The van der Waals surface area contributed by atoms with Gasteiger partial charge < -0.3 is 48.5 Å². The van der Waals surface area contributed by atoms with Crippen molar-refractivity contribution >= 4 is 41.1 Å². The van der Waals surface area contributed by atoms with Crippen LogP contribution in [0.15, 0.2) is 54.6 Å². The topological polar surface area (TPSA) is 190 Å². The van der Waals surface area contributed by atoms with Crippen molar-refractivity contribution in [2.75, 3.05) is 80.1 Å². The van der Waals surface area contributed by atoms with E-state index in [-0.39, 0.29) is 55.6 Å². The Morgan fingerprint density at radius 1 is 0.881 bits per heavy atom. The number of methoxy groups -OCH3 is 1. The maximum Gasteiger partial charge on any atom is 0.347 e. The van der Waals surface area contributed by atoms with Crippen molar-refractivity contribution in [3.05, 3.63) is 76.3 Å². The van der Waals surface area contributed by atoms with E-state index in [4.69, 9.17) is 49.5 Å². The fourth-order valence-electron chi connectivity index (χ4n) is 7.22. The second kappa shape index (κ2) is 28.2. The van der Waals surface area contributed by atoms with Crippen LogP contribution in [0.4, 0.5) is 0 Å². The number of carbonyl (C=O) groups is 5. The fraction of sp³-hybridized carbons (Fsp3) is 0.620. The minimum absolute atomic E-state index is 0.0106. The zero-order chi connectivity index (χ0) is 48.9. The van der Waals surface area contributed by atoms with Crippen molar-refractivity contribution in [2.45, 2.75) is 104 Å². The van der Waals surface area contributed by atoms with Crippen molar-refractivity contribution in [2.24, 2.45) is 17.3 Å². The molecule has 2 aromatic rings. The number of benzene rings is 2. The first-order valence-corrected chi connectivity index (χ1v) is 23.6. The average Bonchev–Trinajstić information content (AvgIpc) is 4.08. The Bertz CT molecular complexity index is 1930. The maximum absolute atomic E-state index is 13.9. The van der Waals surface area contributed by atoms with E-state index < -0.39 is 47.4 Å². The van der Waals surface area contributed by atoms with Crippen molar-refractivity contribution in [1.82, 2.24) is 15.5 Å². The standard InChI is InChI=1S/C50H72ClN3O13/c1-33(2)28-43-48(58)65-41(10-9-11-44(56)53-40(30-37-14-17-42(60-8)39(51)29-37)47(57)52-32-50(5,6)49(59)66-43)35(4)45-46(67-45)38-15-12-36(13-16-38)31-54(7)19-21-62-23-25-64-27-26-63-24-22-61-20-18-34(3)55/h9,11-17,29,33,35,40-41,43,45-46H,10,18-28,30-32H2,1-8H3,(H,52,57)(H,53,56)/b11-9+/t35-,40+,41-,43-,45+,46+/m0/s1. The number of rotatable bonds is 25. The van der Waals surface area contributed by atoms with E-state index in [0.717, 1.165) is 24.2 Å². The SMILES string of the molecule is COc1ccc(C[C@H]2NC(=O)/C=C/C[C@@H]([C@H](C)[C@H]3O[C@@H]3c3ccc(CN(C)CCOCCOCCOCCOCCC(C)=O)cc3)OC(=O)[C@H](CC(C)C)OC(=O)C(C)(C)CNC2=O)cc1Cl. The molecule has 2 aromatic carbocycles. The second-order valence-corrected chi connectivity index (χ2v) is 18.6. The smallest absolute Gasteiger partial charge is 0.347 e. The summed E-state index contributed by atoms with van der Waals surface area (Å²) in [7, 11) is 3.54. The highest BCUT2D eigenvalue weighted by Gasteiger charge is 2.48. The summed E-state index contributed by atoms with van der Waals surface area (Å²) in [6.07, 6.45) is 1.41. The summed E-state index contributed by atoms with van der Waals surface area (Å²) < 4.78 is 45.6. The highest BCUT2D eigenvalue weighted by atomic mass is 35.5. The highest BCUT2D eigenvalue weighted by molar-refractivity contribution is 6.32. The third-order valence-corrected chi connectivity index (χ3v) is 11.7. The van der Waals surface area contributed by atoms with Crippen LogP contribution in [0.25, 0.3) is 0 Å². The van der Waals surface area contributed by atoms with Gasteiger partial charge in [0, 0.05) is 44.8 Å². The largest absolute Gasteiger partial charge is 0.495 e. The lowest BCUT2D eigenvalue weighted by atomic mass is 9.92. The summed E-state index contributed by atoms with van der Waals surface area (Å²) in [6, 6.07) is 12.3. The lowest BCUT2D eigenvalue weighted by Gasteiger charge is -2.29. The molecule has 2 heterocycles. The van der Waals surface area contributed by atoms with Crippen molar-refractivity contribution in [3.8, 4) is 5.75 Å². The molecular weight excluding hydrogens is 886 g/mol. The van der Waals surface area contributed by atoms with Gasteiger partial charge in [-0.2, -0.15) is 0 Å². The van der Waals surface area contributed by atoms with Crippen molar-refractivity contribution < 1.29 is 61.9 Å². The predicted molar refractivity (Wildman–Crippen MR) is 252 cm³/mol. The molecule has 2 N–H and O–H groups in total. The molecule has 2 aliphatic rings. The number of carbonyl (C=O) groups excluding carboxylic acids is 5. The van der Waals surface area contributed by atoms with Gasteiger partial charge in [0.1, 0.15) is 29.8 Å². The monoisotopic (exact) mass is 957 g/mol. The molecule has 0 bridgehead atoms. The van der Waals surface area contributed by atoms with Crippen LogP contribution in [0.1, 0.15) is 83.6 Å². The number of cyclic esters (lactones) is 2. The third kappa shape index (κ3) is 19.6. The minimum Gasteiger partial charge on any atom is -0.495 e. The van der Waals surface area contributed by atoms with Crippen LogP contribution in [-0.2, 0) is 70.1 Å². The molecule has 0 aromatic heterocycles. The number of epoxide rings is 1. The Hall–Kier alpha value is -4.42. The number of halogens is 1. The normalized spacial score (nSPS) is 22.4. The summed E-state index contributed by atoms with van der Waals surface area (Å²) in [5, 5.41) is 5.93. The zero-order valence-corrected chi connectivity index (χ0v) is 41.2. The molecule has 372 valence electrons. The van der Waals surface area contributed by atoms with Gasteiger partial charge in [-0.3, -0.25) is 24.1 Å². The van der Waals surface area contributed by atoms with Crippen LogP contribution in [-0.4, -0.2) is 139 Å². The number of ether oxygens (including phenoxy) is 8. The maximum atomic E-state index is 13.9. The van der Waals surface area contributed by atoms with E-state index in [1.54, 1.807) is 45.0 Å². The lowest BCUT2D eigenvalue weighted by molar-refractivity contribution is -0.179. The summed E-state index contributed by atoms with van der Waals surface area (Å²) in [4.78, 5) is 67.6. The molecule has 1 fully saturated rings. The fourth-order valence-corrected chi connectivity index (χ4v) is 7.50. The molecule has 67 heavy (non-hydrogen) atoms. The van der Waals surface area contributed by atoms with E-state index in [0.29, 0.717) is 75.6 Å². The van der Waals surface area contributed by atoms with Crippen LogP contribution < -0.4 is 15.4 Å². The van der Waals surface area contributed by atoms with Crippen molar-refractivity contribution in [3.63, 3.8) is 0 Å². The second-order valence-electron chi connectivity index (χ2n) is 18.2. The first kappa shape index (κ1) is 55.2. The number of likely N-dealkylation sites (N-methyl/N-ethyl adjacent to an activating group) is 1. The van der Waals surface area contributed by atoms with Crippen LogP contribution in [0.3, 0.4) is 0 Å². The quantitative estimate of drug-likeness (QED) is 0.0711. The summed E-state index contributed by atoms with van der Waals surface area (Å²) in [5.41, 5.74) is 1.56. The highest BCUT2D eigenvalue weighted by Crippen LogP contribution is 2.45. The van der Waals surface area contributed by atoms with Crippen LogP contribution in [0.2, 0.25) is 5.02 Å². The van der Waals surface area contributed by atoms with Gasteiger partial charge in [0.05, 0.1) is 76.5 Å². The Morgan fingerprint density at radius 3 is 2.12 bits per heavy atom.